The number of carboxylic acid groups (broad SMARTS) is 1. The molecule has 0 fully saturated rings. The van der Waals surface area contributed by atoms with Crippen LogP contribution in [0.1, 0.15) is 33.6 Å². The summed E-state index contributed by atoms with van der Waals surface area (Å²) in [5, 5.41) is 8.45. The molecule has 0 rings (SSSR count). The number of alkyl halides is 1. The summed E-state index contributed by atoms with van der Waals surface area (Å²) < 4.78 is 4.73. The Balaban J connectivity index is 3.88. The van der Waals surface area contributed by atoms with E-state index in [1.807, 2.05) is 6.92 Å². The maximum atomic E-state index is 10.3. The van der Waals surface area contributed by atoms with Gasteiger partial charge in [-0.2, -0.15) is 0 Å². The van der Waals surface area contributed by atoms with E-state index in [9.17, 15) is 4.79 Å². The van der Waals surface area contributed by atoms with Gasteiger partial charge in [0.25, 0.3) is 0 Å². The van der Waals surface area contributed by atoms with E-state index in [1.54, 1.807) is 0 Å². The van der Waals surface area contributed by atoms with Gasteiger partial charge in [-0.05, 0) is 25.7 Å². The third-order valence-corrected chi connectivity index (χ3v) is 2.38. The van der Waals surface area contributed by atoms with Crippen LogP contribution in [0.15, 0.2) is 0 Å². The number of ether oxygens (including phenoxy) is 1. The second kappa shape index (κ2) is 6.24. The van der Waals surface area contributed by atoms with Gasteiger partial charge in [-0.15, -0.1) is 0 Å². The summed E-state index contributed by atoms with van der Waals surface area (Å²) in [6.07, 6.45) is 0.324. The first-order chi connectivity index (χ1) is 5.93. The summed E-state index contributed by atoms with van der Waals surface area (Å²) in [4.78, 5) is 10.4. The zero-order valence-electron chi connectivity index (χ0n) is 8.29. The molecule has 0 aromatic heterocycles. The third-order valence-electron chi connectivity index (χ3n) is 1.79. The second-order valence-corrected chi connectivity index (χ2v) is 5.02. The second-order valence-electron chi connectivity index (χ2n) is 3.57. The Morgan fingerprint density at radius 3 is 2.23 bits per heavy atom. The molecule has 78 valence electrons. The average Bonchev–Trinajstić information content (AvgIpc) is 1.96. The normalized spacial score (nSPS) is 15.5. The highest BCUT2D eigenvalue weighted by Gasteiger charge is 2.19. The van der Waals surface area contributed by atoms with E-state index in [0.717, 1.165) is 12.8 Å². The minimum absolute atomic E-state index is 0.0716. The Kier molecular flexibility index (Phi) is 6.12. The Morgan fingerprint density at radius 2 is 1.92 bits per heavy atom. The molecular formula is C9H17BrO3. The molecule has 2 unspecified atom stereocenters. The van der Waals surface area contributed by atoms with Crippen LogP contribution in [0.25, 0.3) is 0 Å². The molecule has 0 radical (unpaired) electrons. The van der Waals surface area contributed by atoms with E-state index < -0.39 is 6.16 Å². The van der Waals surface area contributed by atoms with Crippen molar-refractivity contribution in [1.82, 2.24) is 0 Å². The van der Waals surface area contributed by atoms with Crippen LogP contribution in [-0.2, 0) is 4.74 Å². The first kappa shape index (κ1) is 12.8. The fraction of sp³-hybridized carbons (Fsp3) is 0.889. The molecule has 0 aromatic rings. The van der Waals surface area contributed by atoms with Gasteiger partial charge in [-0.1, -0.05) is 29.8 Å². The lowest BCUT2D eigenvalue weighted by Crippen LogP contribution is -2.25. The number of hydrogen-bond acceptors (Lipinski definition) is 2. The lowest BCUT2D eigenvalue weighted by atomic mass is 10.0. The smallest absolute Gasteiger partial charge is 0.450 e. The maximum Gasteiger partial charge on any atom is 0.506 e. The lowest BCUT2D eigenvalue weighted by molar-refractivity contribution is 0.0473. The van der Waals surface area contributed by atoms with Gasteiger partial charge < -0.3 is 9.84 Å². The fourth-order valence-corrected chi connectivity index (χ4v) is 1.38. The summed E-state index contributed by atoms with van der Waals surface area (Å²) in [5.74, 6) is 0.575. The Morgan fingerprint density at radius 1 is 1.38 bits per heavy atom. The predicted molar refractivity (Wildman–Crippen MR) is 55.4 cm³/mol. The van der Waals surface area contributed by atoms with Crippen LogP contribution in [-0.4, -0.2) is 22.2 Å². The highest BCUT2D eigenvalue weighted by Crippen LogP contribution is 2.17. The molecule has 4 heteroatoms. The number of carbonyl (C=O) groups is 1. The van der Waals surface area contributed by atoms with Crippen molar-refractivity contribution in [2.45, 2.75) is 44.5 Å². The molecule has 0 saturated heterocycles. The SMILES string of the molecule is CC(C)CCC(OC(=O)O)C(C)Br. The van der Waals surface area contributed by atoms with Crippen molar-refractivity contribution >= 4 is 22.1 Å². The predicted octanol–water partition coefficient (Wildman–Crippen LogP) is 3.27. The zero-order valence-corrected chi connectivity index (χ0v) is 9.87. The summed E-state index contributed by atoms with van der Waals surface area (Å²) in [6.45, 7) is 6.11. The van der Waals surface area contributed by atoms with E-state index in [4.69, 9.17) is 9.84 Å². The van der Waals surface area contributed by atoms with Gasteiger partial charge in [-0.25, -0.2) is 4.79 Å². The average molecular weight is 253 g/mol. The topological polar surface area (TPSA) is 46.5 Å². The maximum absolute atomic E-state index is 10.3. The molecule has 0 amide bonds. The van der Waals surface area contributed by atoms with Gasteiger partial charge in [0, 0.05) is 4.83 Å². The van der Waals surface area contributed by atoms with Crippen molar-refractivity contribution in [2.24, 2.45) is 5.92 Å². The van der Waals surface area contributed by atoms with Crippen LogP contribution in [0, 0.1) is 5.92 Å². The Hall–Kier alpha value is -0.250. The minimum atomic E-state index is -1.19. The molecule has 0 aliphatic heterocycles. The molecule has 13 heavy (non-hydrogen) atoms. The quantitative estimate of drug-likeness (QED) is 0.604. The van der Waals surface area contributed by atoms with Crippen molar-refractivity contribution in [3.8, 4) is 0 Å². The van der Waals surface area contributed by atoms with Crippen LogP contribution in [0.4, 0.5) is 4.79 Å². The van der Waals surface area contributed by atoms with Crippen LogP contribution in [0.5, 0.6) is 0 Å². The molecule has 0 aliphatic rings. The highest BCUT2D eigenvalue weighted by atomic mass is 79.9. The molecule has 0 spiro atoms. The van der Waals surface area contributed by atoms with Crippen LogP contribution in [0.3, 0.4) is 0 Å². The van der Waals surface area contributed by atoms with Gasteiger partial charge in [0.05, 0.1) is 0 Å². The molecule has 2 atom stereocenters. The summed E-state index contributed by atoms with van der Waals surface area (Å²) >= 11 is 3.33. The van der Waals surface area contributed by atoms with Gasteiger partial charge >= 0.3 is 6.16 Å². The van der Waals surface area contributed by atoms with Crippen molar-refractivity contribution in [1.29, 1.82) is 0 Å². The number of rotatable bonds is 5. The van der Waals surface area contributed by atoms with Crippen molar-refractivity contribution in [2.75, 3.05) is 0 Å². The third kappa shape index (κ3) is 6.87. The van der Waals surface area contributed by atoms with E-state index in [-0.39, 0.29) is 10.9 Å². The molecule has 3 nitrogen and oxygen atoms in total. The van der Waals surface area contributed by atoms with Crippen LogP contribution in [0.2, 0.25) is 0 Å². The highest BCUT2D eigenvalue weighted by molar-refractivity contribution is 9.09. The van der Waals surface area contributed by atoms with E-state index in [1.165, 1.54) is 0 Å². The monoisotopic (exact) mass is 252 g/mol. The fourth-order valence-electron chi connectivity index (χ4n) is 1.01. The Bertz CT molecular complexity index is 157. The lowest BCUT2D eigenvalue weighted by Gasteiger charge is -2.19. The molecule has 1 N–H and O–H groups in total. The van der Waals surface area contributed by atoms with Gasteiger partial charge in [0.1, 0.15) is 6.10 Å². The summed E-state index contributed by atoms with van der Waals surface area (Å²) in [5.41, 5.74) is 0. The largest absolute Gasteiger partial charge is 0.506 e. The zero-order chi connectivity index (χ0) is 10.4. The number of hydrogen-bond donors (Lipinski definition) is 1. The van der Waals surface area contributed by atoms with E-state index in [2.05, 4.69) is 29.8 Å². The Labute approximate surface area is 87.6 Å². The molecule has 0 aliphatic carbocycles. The molecule has 0 heterocycles. The van der Waals surface area contributed by atoms with Crippen LogP contribution < -0.4 is 0 Å². The van der Waals surface area contributed by atoms with Gasteiger partial charge in [0.15, 0.2) is 0 Å². The first-order valence-corrected chi connectivity index (χ1v) is 5.38. The molecule has 0 bridgehead atoms. The van der Waals surface area contributed by atoms with Gasteiger partial charge in [0.2, 0.25) is 0 Å². The van der Waals surface area contributed by atoms with Gasteiger partial charge in [-0.3, -0.25) is 0 Å². The summed E-state index contributed by atoms with van der Waals surface area (Å²) in [6, 6.07) is 0. The minimum Gasteiger partial charge on any atom is -0.450 e. The van der Waals surface area contributed by atoms with Crippen molar-refractivity contribution in [3.63, 3.8) is 0 Å². The molecule has 0 saturated carbocycles. The molecule has 0 aromatic carbocycles. The van der Waals surface area contributed by atoms with Crippen LogP contribution >= 0.6 is 15.9 Å². The van der Waals surface area contributed by atoms with E-state index >= 15 is 0 Å². The van der Waals surface area contributed by atoms with Crippen molar-refractivity contribution < 1.29 is 14.6 Å². The van der Waals surface area contributed by atoms with Crippen molar-refractivity contribution in [3.05, 3.63) is 0 Å². The summed E-state index contributed by atoms with van der Waals surface area (Å²) in [7, 11) is 0. The van der Waals surface area contributed by atoms with E-state index in [0.29, 0.717) is 5.92 Å². The first-order valence-electron chi connectivity index (χ1n) is 4.47. The standard InChI is InChI=1S/C9H17BrO3/c1-6(2)4-5-8(7(3)10)13-9(11)12/h6-8H,4-5H2,1-3H3,(H,11,12). The molecular weight excluding hydrogens is 236 g/mol. The number of halogens is 1.